The first kappa shape index (κ1) is 11.6. The van der Waals surface area contributed by atoms with E-state index in [0.29, 0.717) is 6.42 Å². The monoisotopic (exact) mass is 228 g/mol. The minimum absolute atomic E-state index is 0.129. The summed E-state index contributed by atoms with van der Waals surface area (Å²) in [6, 6.07) is 9.90. The van der Waals surface area contributed by atoms with E-state index in [9.17, 15) is 4.79 Å². The Morgan fingerprint density at radius 2 is 2.12 bits per heavy atom. The van der Waals surface area contributed by atoms with E-state index < -0.39 is 0 Å². The van der Waals surface area contributed by atoms with Crippen LogP contribution in [0.4, 0.5) is 5.69 Å². The molecule has 0 unspecified atom stereocenters. The van der Waals surface area contributed by atoms with Gasteiger partial charge in [-0.25, -0.2) is 0 Å². The quantitative estimate of drug-likeness (QED) is 0.809. The lowest BCUT2D eigenvalue weighted by atomic mass is 10.2. The second kappa shape index (κ2) is 4.95. The molecule has 3 nitrogen and oxygen atoms in total. The van der Waals surface area contributed by atoms with Crippen LogP contribution in [0.2, 0.25) is 0 Å². The first-order chi connectivity index (χ1) is 8.22. The van der Waals surface area contributed by atoms with E-state index in [0.717, 1.165) is 23.0 Å². The van der Waals surface area contributed by atoms with Crippen molar-refractivity contribution >= 4 is 22.5 Å². The summed E-state index contributed by atoms with van der Waals surface area (Å²) < 4.78 is 0. The number of pyridine rings is 1. The van der Waals surface area contributed by atoms with Crippen molar-refractivity contribution in [3.05, 3.63) is 36.5 Å². The molecule has 0 spiro atoms. The highest BCUT2D eigenvalue weighted by Gasteiger charge is 2.10. The Bertz CT molecular complexity index is 536. The highest BCUT2D eigenvalue weighted by atomic mass is 16.2. The topological polar surface area (TPSA) is 33.2 Å². The van der Waals surface area contributed by atoms with Crippen LogP contribution >= 0.6 is 0 Å². The summed E-state index contributed by atoms with van der Waals surface area (Å²) in [7, 11) is 1.80. The van der Waals surface area contributed by atoms with Crippen molar-refractivity contribution in [1.82, 2.24) is 4.98 Å². The van der Waals surface area contributed by atoms with E-state index in [2.05, 4.69) is 4.98 Å². The second-order valence-electron chi connectivity index (χ2n) is 4.09. The first-order valence-electron chi connectivity index (χ1n) is 5.83. The van der Waals surface area contributed by atoms with Crippen LogP contribution in [-0.4, -0.2) is 17.9 Å². The molecule has 0 bridgehead atoms. The van der Waals surface area contributed by atoms with E-state index in [1.807, 2.05) is 37.3 Å². The van der Waals surface area contributed by atoms with Gasteiger partial charge in [0.15, 0.2) is 0 Å². The lowest BCUT2D eigenvalue weighted by molar-refractivity contribution is -0.118. The molecule has 2 rings (SSSR count). The van der Waals surface area contributed by atoms with Gasteiger partial charge in [-0.2, -0.15) is 0 Å². The fraction of sp³-hybridized carbons (Fsp3) is 0.286. The number of carbonyl (C=O) groups excluding carboxylic acids is 1. The standard InChI is InChI=1S/C14H16N2O/c1-3-6-14(17)16(2)12-9-11-7-4-5-8-13(11)15-10-12/h4-5,7-10H,3,6H2,1-2H3. The summed E-state index contributed by atoms with van der Waals surface area (Å²) in [6.45, 7) is 2.00. The molecule has 0 fully saturated rings. The minimum atomic E-state index is 0.129. The number of hydrogen-bond acceptors (Lipinski definition) is 2. The third-order valence-corrected chi connectivity index (χ3v) is 2.80. The van der Waals surface area contributed by atoms with Crippen LogP contribution < -0.4 is 4.90 Å². The highest BCUT2D eigenvalue weighted by molar-refractivity contribution is 5.94. The SMILES string of the molecule is CCCC(=O)N(C)c1cnc2ccccc2c1. The molecular formula is C14H16N2O. The summed E-state index contributed by atoms with van der Waals surface area (Å²) in [5.74, 6) is 0.129. The molecule has 0 atom stereocenters. The zero-order chi connectivity index (χ0) is 12.3. The number of anilines is 1. The molecule has 1 aromatic carbocycles. The van der Waals surface area contributed by atoms with E-state index >= 15 is 0 Å². The van der Waals surface area contributed by atoms with E-state index in [4.69, 9.17) is 0 Å². The van der Waals surface area contributed by atoms with Crippen molar-refractivity contribution in [2.45, 2.75) is 19.8 Å². The maximum absolute atomic E-state index is 11.8. The van der Waals surface area contributed by atoms with E-state index in [1.165, 1.54) is 0 Å². The van der Waals surface area contributed by atoms with Crippen LogP contribution in [0.5, 0.6) is 0 Å². The molecular weight excluding hydrogens is 212 g/mol. The molecule has 0 saturated carbocycles. The number of hydrogen-bond donors (Lipinski definition) is 0. The maximum Gasteiger partial charge on any atom is 0.226 e. The predicted molar refractivity (Wildman–Crippen MR) is 70.1 cm³/mol. The van der Waals surface area contributed by atoms with Gasteiger partial charge < -0.3 is 4.90 Å². The molecule has 0 aliphatic carbocycles. The van der Waals surface area contributed by atoms with Gasteiger partial charge in [-0.05, 0) is 18.6 Å². The molecule has 1 amide bonds. The zero-order valence-electron chi connectivity index (χ0n) is 10.2. The smallest absolute Gasteiger partial charge is 0.226 e. The number of aromatic nitrogens is 1. The molecule has 1 heterocycles. The maximum atomic E-state index is 11.8. The molecule has 0 aliphatic heterocycles. The predicted octanol–water partition coefficient (Wildman–Crippen LogP) is 3.00. The number of para-hydroxylation sites is 1. The minimum Gasteiger partial charge on any atom is -0.314 e. The van der Waals surface area contributed by atoms with Gasteiger partial charge in [0, 0.05) is 18.9 Å². The van der Waals surface area contributed by atoms with Crippen LogP contribution in [0.1, 0.15) is 19.8 Å². The van der Waals surface area contributed by atoms with Crippen molar-refractivity contribution in [3.8, 4) is 0 Å². The van der Waals surface area contributed by atoms with Crippen molar-refractivity contribution < 1.29 is 4.79 Å². The van der Waals surface area contributed by atoms with Gasteiger partial charge in [-0.1, -0.05) is 25.1 Å². The average Bonchev–Trinajstić information content (AvgIpc) is 2.37. The summed E-state index contributed by atoms with van der Waals surface area (Å²) in [4.78, 5) is 17.8. The number of fused-ring (bicyclic) bond motifs is 1. The Hall–Kier alpha value is -1.90. The fourth-order valence-electron chi connectivity index (χ4n) is 1.77. The molecule has 17 heavy (non-hydrogen) atoms. The van der Waals surface area contributed by atoms with Gasteiger partial charge in [0.2, 0.25) is 5.91 Å². The second-order valence-corrected chi connectivity index (χ2v) is 4.09. The van der Waals surface area contributed by atoms with Gasteiger partial charge in [-0.15, -0.1) is 0 Å². The van der Waals surface area contributed by atoms with Crippen molar-refractivity contribution in [2.24, 2.45) is 0 Å². The molecule has 0 aliphatic rings. The molecule has 2 aromatic rings. The fourth-order valence-corrected chi connectivity index (χ4v) is 1.77. The van der Waals surface area contributed by atoms with Crippen LogP contribution in [0.3, 0.4) is 0 Å². The number of rotatable bonds is 3. The van der Waals surface area contributed by atoms with Gasteiger partial charge >= 0.3 is 0 Å². The van der Waals surface area contributed by atoms with Crippen LogP contribution in [0.25, 0.3) is 10.9 Å². The van der Waals surface area contributed by atoms with Crippen LogP contribution in [-0.2, 0) is 4.79 Å². The van der Waals surface area contributed by atoms with E-state index in [1.54, 1.807) is 18.1 Å². The molecule has 1 aromatic heterocycles. The van der Waals surface area contributed by atoms with Gasteiger partial charge in [0.05, 0.1) is 17.4 Å². The Morgan fingerprint density at radius 3 is 2.88 bits per heavy atom. The largest absolute Gasteiger partial charge is 0.314 e. The normalized spacial score (nSPS) is 10.5. The first-order valence-corrected chi connectivity index (χ1v) is 5.83. The van der Waals surface area contributed by atoms with Gasteiger partial charge in [-0.3, -0.25) is 9.78 Å². The van der Waals surface area contributed by atoms with E-state index in [-0.39, 0.29) is 5.91 Å². The lowest BCUT2D eigenvalue weighted by Crippen LogP contribution is -2.25. The van der Waals surface area contributed by atoms with Crippen molar-refractivity contribution in [3.63, 3.8) is 0 Å². The van der Waals surface area contributed by atoms with Crippen LogP contribution in [0, 0.1) is 0 Å². The third-order valence-electron chi connectivity index (χ3n) is 2.80. The number of carbonyl (C=O) groups is 1. The Morgan fingerprint density at radius 1 is 1.35 bits per heavy atom. The average molecular weight is 228 g/mol. The summed E-state index contributed by atoms with van der Waals surface area (Å²) in [5, 5.41) is 1.06. The summed E-state index contributed by atoms with van der Waals surface area (Å²) in [5.41, 5.74) is 1.80. The van der Waals surface area contributed by atoms with Crippen LogP contribution in [0.15, 0.2) is 36.5 Å². The summed E-state index contributed by atoms with van der Waals surface area (Å²) in [6.07, 6.45) is 3.18. The van der Waals surface area contributed by atoms with Crippen molar-refractivity contribution in [1.29, 1.82) is 0 Å². The Kier molecular flexibility index (Phi) is 3.38. The van der Waals surface area contributed by atoms with Gasteiger partial charge in [0.1, 0.15) is 0 Å². The Labute approximate surface area is 101 Å². The number of nitrogens with zero attached hydrogens (tertiary/aromatic N) is 2. The lowest BCUT2D eigenvalue weighted by Gasteiger charge is -2.16. The molecule has 0 saturated heterocycles. The molecule has 88 valence electrons. The zero-order valence-corrected chi connectivity index (χ0v) is 10.2. The summed E-state index contributed by atoms with van der Waals surface area (Å²) >= 11 is 0. The van der Waals surface area contributed by atoms with Gasteiger partial charge in [0.25, 0.3) is 0 Å². The molecule has 0 radical (unpaired) electrons. The Balaban J connectivity index is 2.32. The van der Waals surface area contributed by atoms with Crippen molar-refractivity contribution in [2.75, 3.05) is 11.9 Å². The number of benzene rings is 1. The third kappa shape index (κ3) is 2.44. The molecule has 0 N–H and O–H groups in total. The number of amides is 1. The highest BCUT2D eigenvalue weighted by Crippen LogP contribution is 2.19. The molecule has 3 heteroatoms.